The fourth-order valence-electron chi connectivity index (χ4n) is 4.22. The van der Waals surface area contributed by atoms with E-state index >= 15 is 0 Å². The van der Waals surface area contributed by atoms with Gasteiger partial charge in [-0.3, -0.25) is 0 Å². The van der Waals surface area contributed by atoms with E-state index in [1.807, 2.05) is 37.4 Å². The molecule has 3 aromatic carbocycles. The average molecular weight is 830 g/mol. The number of hydrogen-bond acceptors (Lipinski definition) is 3. The molecule has 0 atom stereocenters. The molecule has 0 unspecified atom stereocenters. The Hall–Kier alpha value is -2.67. The second-order valence-corrected chi connectivity index (χ2v) is 16.4. The number of nitrogens with zero attached hydrogens (tertiary/aromatic N) is 2. The van der Waals surface area contributed by atoms with E-state index in [1.165, 1.54) is 26.6 Å². The molecule has 0 N–H and O–H groups in total. The maximum absolute atomic E-state index is 5.99. The van der Waals surface area contributed by atoms with Crippen LogP contribution in [0.25, 0.3) is 22.3 Å². The Kier molecular flexibility index (Phi) is 6.96. The van der Waals surface area contributed by atoms with Crippen LogP contribution in [0.4, 0.5) is 0 Å². The van der Waals surface area contributed by atoms with E-state index in [-0.39, 0.29) is 21.1 Å². The Balaban J connectivity index is 0.00000253. The predicted molar refractivity (Wildman–Crippen MR) is 138 cm³/mol. The van der Waals surface area contributed by atoms with E-state index in [1.54, 1.807) is 6.20 Å². The predicted octanol–water partition coefficient (Wildman–Crippen LogP) is 4.65. The first kappa shape index (κ1) is 24.0. The van der Waals surface area contributed by atoms with Crippen LogP contribution in [-0.4, -0.2) is 31.7 Å². The molecule has 0 amide bonds. The quantitative estimate of drug-likeness (QED) is 0.192. The zero-order valence-corrected chi connectivity index (χ0v) is 25.0. The van der Waals surface area contributed by atoms with E-state index in [2.05, 4.69) is 78.6 Å². The number of fused-ring (bicyclic) bond motifs is 3. The molecule has 1 aliphatic heterocycles. The molecule has 0 fully saturated rings. The Labute approximate surface area is 228 Å². The summed E-state index contributed by atoms with van der Waals surface area (Å²) in [5.74, 6) is 1.22. The molecule has 3 nitrogen and oxygen atoms in total. The van der Waals surface area contributed by atoms with Crippen LogP contribution >= 0.6 is 0 Å². The standard InChI is InChI=1S/C24H15NO.C6H6N.Bi.Pt/c1-18-14-15-25-24(16-18)26-23-9-5-8-22(17-23)21-12-10-20(11-13-21)19-6-3-2-4-7-19;1-6-3-2-4-7-5-6;;/h2-6,8-10,12,14-16H,1H3;2-3,5H,1H3;;/q-2;;;+2. The number of benzene rings is 3. The fraction of sp³-hybridized carbons (Fsp3) is 0.0667. The van der Waals surface area contributed by atoms with Gasteiger partial charge >= 0.3 is 230 Å². The first-order valence-corrected chi connectivity index (χ1v) is 16.4. The van der Waals surface area contributed by atoms with Crippen molar-refractivity contribution >= 4 is 31.7 Å². The van der Waals surface area contributed by atoms with Gasteiger partial charge in [-0.05, 0) is 0 Å². The number of pyridine rings is 2. The number of aryl methyl sites for hydroxylation is 2. The molecule has 0 bridgehead atoms. The molecule has 0 spiro atoms. The summed E-state index contributed by atoms with van der Waals surface area (Å²) in [5, 5.41) is 0. The van der Waals surface area contributed by atoms with E-state index in [4.69, 9.17) is 9.72 Å². The summed E-state index contributed by atoms with van der Waals surface area (Å²) < 4.78 is 10.1. The molecule has 2 aromatic heterocycles. The molecular weight excluding hydrogens is 808 g/mol. The molecule has 0 radical (unpaired) electrons. The molecule has 5 heteroatoms. The van der Waals surface area contributed by atoms with Crippen molar-refractivity contribution in [1.29, 1.82) is 0 Å². The van der Waals surface area contributed by atoms with Gasteiger partial charge in [-0.1, -0.05) is 0 Å². The monoisotopic (exact) mass is 829 g/mol. The zero-order chi connectivity index (χ0) is 23.1. The third-order valence-electron chi connectivity index (χ3n) is 5.87. The first-order chi connectivity index (χ1) is 16.7. The largest absolute Gasteiger partial charge is 2.00 e. The van der Waals surface area contributed by atoms with Gasteiger partial charge in [0, 0.05) is 0 Å². The van der Waals surface area contributed by atoms with Gasteiger partial charge in [-0.15, -0.1) is 0 Å². The van der Waals surface area contributed by atoms with Gasteiger partial charge in [0.25, 0.3) is 0 Å². The van der Waals surface area contributed by atoms with Crippen molar-refractivity contribution in [3.05, 3.63) is 115 Å². The smallest absolute Gasteiger partial charge is 2.00 e. The van der Waals surface area contributed by atoms with Gasteiger partial charge in [0.1, 0.15) is 0 Å². The summed E-state index contributed by atoms with van der Waals surface area (Å²) >= 11 is -2.52. The molecule has 0 aliphatic carbocycles. The Morgan fingerprint density at radius 3 is 2.43 bits per heavy atom. The molecule has 6 rings (SSSR count). The van der Waals surface area contributed by atoms with Crippen molar-refractivity contribution < 1.29 is 25.8 Å². The van der Waals surface area contributed by atoms with Crippen molar-refractivity contribution in [2.75, 3.05) is 0 Å². The van der Waals surface area contributed by atoms with E-state index in [0.29, 0.717) is 11.6 Å². The van der Waals surface area contributed by atoms with Gasteiger partial charge in [0.2, 0.25) is 0 Å². The van der Waals surface area contributed by atoms with Crippen molar-refractivity contribution in [3.63, 3.8) is 0 Å². The van der Waals surface area contributed by atoms with Gasteiger partial charge in [-0.25, -0.2) is 0 Å². The van der Waals surface area contributed by atoms with Crippen LogP contribution < -0.4 is 14.7 Å². The Bertz CT molecular complexity index is 1520. The summed E-state index contributed by atoms with van der Waals surface area (Å²) in [4.78, 5) is 9.17. The van der Waals surface area contributed by atoms with E-state index in [9.17, 15) is 0 Å². The molecule has 35 heavy (non-hydrogen) atoms. The fourth-order valence-corrected chi connectivity index (χ4v) is 13.8. The average Bonchev–Trinajstić information content (AvgIpc) is 3.18. The number of ether oxygens (including phenoxy) is 1. The second-order valence-electron chi connectivity index (χ2n) is 8.38. The van der Waals surface area contributed by atoms with Crippen LogP contribution in [0, 0.1) is 26.0 Å². The van der Waals surface area contributed by atoms with Gasteiger partial charge in [0.15, 0.2) is 0 Å². The van der Waals surface area contributed by atoms with Crippen molar-refractivity contribution in [3.8, 4) is 33.9 Å². The van der Waals surface area contributed by atoms with Crippen molar-refractivity contribution in [2.45, 2.75) is 13.8 Å². The molecular formula is C30H21BiN2OPt. The normalized spacial score (nSPS) is 11.9. The van der Waals surface area contributed by atoms with Crippen LogP contribution in [0.1, 0.15) is 11.1 Å². The number of hydrogen-bond donors (Lipinski definition) is 0. The molecule has 172 valence electrons. The molecule has 3 heterocycles. The van der Waals surface area contributed by atoms with Gasteiger partial charge < -0.3 is 0 Å². The Morgan fingerprint density at radius 2 is 1.60 bits per heavy atom. The summed E-state index contributed by atoms with van der Waals surface area (Å²) in [6.07, 6.45) is 3.75. The molecule has 5 aromatic rings. The summed E-state index contributed by atoms with van der Waals surface area (Å²) in [5.41, 5.74) is 6.93. The maximum Gasteiger partial charge on any atom is 2.00 e. The third-order valence-corrected chi connectivity index (χ3v) is 15.2. The topological polar surface area (TPSA) is 35.0 Å². The molecule has 1 aliphatic rings. The summed E-state index contributed by atoms with van der Waals surface area (Å²) in [6, 6.07) is 34.6. The second kappa shape index (κ2) is 10.1. The minimum absolute atomic E-state index is 0. The van der Waals surface area contributed by atoms with Crippen LogP contribution in [0.15, 0.2) is 91.3 Å². The minimum Gasteiger partial charge on any atom is 2.00 e. The van der Waals surface area contributed by atoms with Gasteiger partial charge in [0.05, 0.1) is 0 Å². The van der Waals surface area contributed by atoms with E-state index < -0.39 is 21.8 Å². The van der Waals surface area contributed by atoms with Crippen LogP contribution in [0.5, 0.6) is 11.6 Å². The zero-order valence-electron chi connectivity index (χ0n) is 19.2. The SMILES string of the molecule is Cc1cc[c]([Bi]2[c]3[c-]c(-c4[c-]c(Oc5cc(C)ccn5)ccc4)ccc3-c3cccc[c]32)nc1.[Pt+2]. The van der Waals surface area contributed by atoms with Crippen LogP contribution in [-0.2, 0) is 21.1 Å². The first-order valence-electron chi connectivity index (χ1n) is 11.2. The van der Waals surface area contributed by atoms with Crippen LogP contribution in [0.2, 0.25) is 0 Å². The number of rotatable bonds is 4. The minimum atomic E-state index is -2.52. The number of aromatic nitrogens is 2. The van der Waals surface area contributed by atoms with Crippen molar-refractivity contribution in [1.82, 2.24) is 9.97 Å². The molecule has 0 saturated heterocycles. The Morgan fingerprint density at radius 1 is 0.743 bits per heavy atom. The van der Waals surface area contributed by atoms with Crippen molar-refractivity contribution in [2.24, 2.45) is 0 Å². The third kappa shape index (κ3) is 4.75. The summed E-state index contributed by atoms with van der Waals surface area (Å²) in [6.45, 7) is 4.11. The van der Waals surface area contributed by atoms with E-state index in [0.717, 1.165) is 16.7 Å². The summed E-state index contributed by atoms with van der Waals surface area (Å²) in [7, 11) is 0. The molecule has 0 saturated carbocycles. The maximum atomic E-state index is 5.99. The van der Waals surface area contributed by atoms with Gasteiger partial charge in [-0.2, -0.15) is 0 Å². The van der Waals surface area contributed by atoms with Crippen LogP contribution in [0.3, 0.4) is 0 Å².